The third-order valence-electron chi connectivity index (χ3n) is 6.10. The van der Waals surface area contributed by atoms with E-state index in [1.165, 1.54) is 12.0 Å². The topological polar surface area (TPSA) is 94.5 Å². The van der Waals surface area contributed by atoms with Crippen LogP contribution in [0.4, 0.5) is 5.69 Å². The molecule has 1 fully saturated rings. The number of aliphatic hydroxyl groups is 1. The summed E-state index contributed by atoms with van der Waals surface area (Å²) in [5.74, 6) is 0.377. The van der Waals surface area contributed by atoms with Crippen molar-refractivity contribution in [2.24, 2.45) is 0 Å². The summed E-state index contributed by atoms with van der Waals surface area (Å²) in [6, 6.07) is 17.8. The van der Waals surface area contributed by atoms with Crippen LogP contribution in [0.15, 0.2) is 72.3 Å². The van der Waals surface area contributed by atoms with Crippen LogP contribution in [0.3, 0.4) is 0 Å². The van der Waals surface area contributed by atoms with Gasteiger partial charge in [0.1, 0.15) is 17.3 Å². The molecule has 0 bridgehead atoms. The zero-order valence-corrected chi connectivity index (χ0v) is 22.1. The van der Waals surface area contributed by atoms with Gasteiger partial charge < -0.3 is 24.1 Å². The van der Waals surface area contributed by atoms with Crippen LogP contribution in [0.5, 0.6) is 23.0 Å². The summed E-state index contributed by atoms with van der Waals surface area (Å²) in [6.07, 6.45) is -0.0149. The van der Waals surface area contributed by atoms with Crippen LogP contribution in [0.25, 0.3) is 5.76 Å². The first-order chi connectivity index (χ1) is 18.3. The van der Waals surface area contributed by atoms with Gasteiger partial charge in [-0.05, 0) is 87.0 Å². The average Bonchev–Trinajstić information content (AvgIpc) is 3.18. The van der Waals surface area contributed by atoms with Crippen molar-refractivity contribution in [3.05, 3.63) is 83.4 Å². The Morgan fingerprint density at radius 3 is 2.13 bits per heavy atom. The molecule has 1 heterocycles. The van der Waals surface area contributed by atoms with Crippen LogP contribution in [0.1, 0.15) is 37.9 Å². The number of nitrogens with zero attached hydrogens (tertiary/aromatic N) is 1. The average molecular weight is 518 g/mol. The Hall–Kier alpha value is -4.46. The highest BCUT2D eigenvalue weighted by Crippen LogP contribution is 2.44. The number of benzene rings is 3. The maximum absolute atomic E-state index is 13.4. The van der Waals surface area contributed by atoms with E-state index in [1.807, 2.05) is 20.8 Å². The van der Waals surface area contributed by atoms with Gasteiger partial charge in [-0.25, -0.2) is 0 Å². The van der Waals surface area contributed by atoms with Gasteiger partial charge in [-0.3, -0.25) is 14.5 Å². The second kappa shape index (κ2) is 11.3. The second-order valence-electron chi connectivity index (χ2n) is 8.90. The van der Waals surface area contributed by atoms with Crippen molar-refractivity contribution in [3.63, 3.8) is 0 Å². The minimum Gasteiger partial charge on any atom is -0.507 e. The van der Waals surface area contributed by atoms with E-state index in [1.54, 1.807) is 73.8 Å². The van der Waals surface area contributed by atoms with E-state index < -0.39 is 17.7 Å². The number of rotatable bonds is 9. The number of carbonyl (C=O) groups excluding carboxylic acids is 2. The molecule has 1 aliphatic rings. The molecule has 8 heteroatoms. The van der Waals surface area contributed by atoms with E-state index >= 15 is 0 Å². The van der Waals surface area contributed by atoms with Crippen LogP contribution < -0.4 is 23.8 Å². The standard InChI is InChI=1S/C30H31NO7/c1-6-37-25-17-20(9-16-24(25)36-5)27-26(28(32)19-7-12-23(13-8-19)38-18(2)3)29(33)30(34)31(27)21-10-14-22(35-4)15-11-21/h7-18,27,32H,6H2,1-5H3/b28-26-. The van der Waals surface area contributed by atoms with Crippen LogP contribution in [0, 0.1) is 0 Å². The fraction of sp³-hybridized carbons (Fsp3) is 0.267. The quantitative estimate of drug-likeness (QED) is 0.227. The van der Waals surface area contributed by atoms with Crippen molar-refractivity contribution in [1.82, 2.24) is 0 Å². The van der Waals surface area contributed by atoms with Crippen LogP contribution in [-0.4, -0.2) is 43.7 Å². The fourth-order valence-electron chi connectivity index (χ4n) is 4.41. The number of ketones is 1. The molecule has 0 radical (unpaired) electrons. The Morgan fingerprint density at radius 1 is 0.895 bits per heavy atom. The van der Waals surface area contributed by atoms with Gasteiger partial charge in [0, 0.05) is 11.3 Å². The third kappa shape index (κ3) is 5.16. The maximum atomic E-state index is 13.4. The number of Topliss-reactive ketones (excluding diaryl/α,β-unsaturated/α-hetero) is 1. The summed E-state index contributed by atoms with van der Waals surface area (Å²) in [6.45, 7) is 6.07. The normalized spacial score (nSPS) is 16.6. The van der Waals surface area contributed by atoms with E-state index in [0.717, 1.165) is 0 Å². The largest absolute Gasteiger partial charge is 0.507 e. The van der Waals surface area contributed by atoms with Gasteiger partial charge >= 0.3 is 0 Å². The SMILES string of the molecule is CCOc1cc(C2/C(=C(/O)c3ccc(OC(C)C)cc3)C(=O)C(=O)N2c2ccc(OC)cc2)ccc1OC. The van der Waals surface area contributed by atoms with Gasteiger partial charge in [-0.1, -0.05) is 6.07 Å². The third-order valence-corrected chi connectivity index (χ3v) is 6.10. The molecule has 1 atom stereocenters. The summed E-state index contributed by atoms with van der Waals surface area (Å²) in [5.41, 5.74) is 1.41. The van der Waals surface area contributed by atoms with Crippen molar-refractivity contribution in [2.75, 3.05) is 25.7 Å². The Morgan fingerprint density at radius 2 is 1.55 bits per heavy atom. The highest BCUT2D eigenvalue weighted by molar-refractivity contribution is 6.51. The number of amides is 1. The van der Waals surface area contributed by atoms with Crippen LogP contribution in [-0.2, 0) is 9.59 Å². The molecule has 1 amide bonds. The van der Waals surface area contributed by atoms with Crippen LogP contribution in [0.2, 0.25) is 0 Å². The summed E-state index contributed by atoms with van der Waals surface area (Å²) in [4.78, 5) is 28.2. The second-order valence-corrected chi connectivity index (χ2v) is 8.90. The van der Waals surface area contributed by atoms with Gasteiger partial charge in [0.15, 0.2) is 11.5 Å². The Bertz CT molecular complexity index is 1340. The molecule has 3 aromatic carbocycles. The Labute approximate surface area is 222 Å². The summed E-state index contributed by atoms with van der Waals surface area (Å²) >= 11 is 0. The highest BCUT2D eigenvalue weighted by Gasteiger charge is 2.47. The highest BCUT2D eigenvalue weighted by atomic mass is 16.5. The first-order valence-electron chi connectivity index (χ1n) is 12.3. The predicted molar refractivity (Wildman–Crippen MR) is 144 cm³/mol. The minimum atomic E-state index is -0.917. The molecule has 38 heavy (non-hydrogen) atoms. The molecule has 0 aromatic heterocycles. The van der Waals surface area contributed by atoms with Crippen LogP contribution >= 0.6 is 0 Å². The van der Waals surface area contributed by atoms with Crippen molar-refractivity contribution in [1.29, 1.82) is 0 Å². The maximum Gasteiger partial charge on any atom is 0.300 e. The molecule has 0 saturated carbocycles. The Kier molecular flexibility index (Phi) is 7.90. The first kappa shape index (κ1) is 26.6. The zero-order valence-electron chi connectivity index (χ0n) is 22.1. The molecular formula is C30H31NO7. The smallest absolute Gasteiger partial charge is 0.300 e. The monoisotopic (exact) mass is 517 g/mol. The number of methoxy groups -OCH3 is 2. The molecule has 1 N–H and O–H groups in total. The number of aliphatic hydroxyl groups excluding tert-OH is 1. The van der Waals surface area contributed by atoms with E-state index in [2.05, 4.69) is 0 Å². The molecule has 198 valence electrons. The van der Waals surface area contributed by atoms with E-state index in [0.29, 0.717) is 46.4 Å². The molecule has 8 nitrogen and oxygen atoms in total. The zero-order chi connectivity index (χ0) is 27.4. The molecule has 1 aliphatic heterocycles. The van der Waals surface area contributed by atoms with E-state index in [4.69, 9.17) is 18.9 Å². The van der Waals surface area contributed by atoms with Gasteiger partial charge in [-0.2, -0.15) is 0 Å². The van der Waals surface area contributed by atoms with Crippen molar-refractivity contribution >= 4 is 23.1 Å². The predicted octanol–water partition coefficient (Wildman–Crippen LogP) is 5.52. The molecular weight excluding hydrogens is 486 g/mol. The lowest BCUT2D eigenvalue weighted by Gasteiger charge is -2.26. The first-order valence-corrected chi connectivity index (χ1v) is 12.3. The molecule has 3 aromatic rings. The van der Waals surface area contributed by atoms with Gasteiger partial charge in [0.25, 0.3) is 11.7 Å². The number of hydrogen-bond donors (Lipinski definition) is 1. The van der Waals surface area contributed by atoms with E-state index in [-0.39, 0.29) is 17.4 Å². The number of anilines is 1. The summed E-state index contributed by atoms with van der Waals surface area (Å²) < 4.78 is 22.1. The number of hydrogen-bond acceptors (Lipinski definition) is 7. The summed E-state index contributed by atoms with van der Waals surface area (Å²) in [5, 5.41) is 11.4. The summed E-state index contributed by atoms with van der Waals surface area (Å²) in [7, 11) is 3.08. The number of carbonyl (C=O) groups is 2. The van der Waals surface area contributed by atoms with Gasteiger partial charge in [0.05, 0.1) is 38.5 Å². The lowest BCUT2D eigenvalue weighted by atomic mass is 9.94. The lowest BCUT2D eigenvalue weighted by Crippen LogP contribution is -2.29. The fourth-order valence-corrected chi connectivity index (χ4v) is 4.41. The van der Waals surface area contributed by atoms with Crippen molar-refractivity contribution < 1.29 is 33.6 Å². The molecule has 1 unspecified atom stereocenters. The van der Waals surface area contributed by atoms with E-state index in [9.17, 15) is 14.7 Å². The van der Waals surface area contributed by atoms with Gasteiger partial charge in [0.2, 0.25) is 0 Å². The molecule has 1 saturated heterocycles. The number of ether oxygens (including phenoxy) is 4. The van der Waals surface area contributed by atoms with Crippen molar-refractivity contribution in [3.8, 4) is 23.0 Å². The molecule has 0 aliphatic carbocycles. The van der Waals surface area contributed by atoms with Crippen molar-refractivity contribution in [2.45, 2.75) is 32.9 Å². The van der Waals surface area contributed by atoms with Gasteiger partial charge in [-0.15, -0.1) is 0 Å². The molecule has 4 rings (SSSR count). The lowest BCUT2D eigenvalue weighted by molar-refractivity contribution is -0.132. The minimum absolute atomic E-state index is 0.0149. The Balaban J connectivity index is 1.89. The molecule has 0 spiro atoms.